The van der Waals surface area contributed by atoms with Crippen molar-refractivity contribution in [2.24, 2.45) is 5.92 Å². The second-order valence-corrected chi connectivity index (χ2v) is 6.64. The maximum atomic E-state index is 12.8. The molecule has 0 N–H and O–H groups in total. The van der Waals surface area contributed by atoms with E-state index in [1.54, 1.807) is 0 Å². The second-order valence-electron chi connectivity index (χ2n) is 5.23. The third kappa shape index (κ3) is 3.85. The maximum Gasteiger partial charge on any atom is 0.340 e. The van der Waals surface area contributed by atoms with Crippen molar-refractivity contribution in [3.05, 3.63) is 33.9 Å². The van der Waals surface area contributed by atoms with E-state index in [0.29, 0.717) is 0 Å². The molecule has 1 fully saturated rings. The SMILES string of the molecule is COC(=O)c1cc([N+](=O)[O-])ccc1N1CC(CS(=O)(=O)F)CC1=O. The van der Waals surface area contributed by atoms with Crippen LogP contribution in [0.3, 0.4) is 0 Å². The quantitative estimate of drug-likeness (QED) is 0.332. The molecule has 1 aliphatic heterocycles. The number of carbonyl (C=O) groups is 2. The van der Waals surface area contributed by atoms with Crippen LogP contribution >= 0.6 is 0 Å². The van der Waals surface area contributed by atoms with Crippen LogP contribution in [0.1, 0.15) is 16.8 Å². The molecular formula is C13H13FN2O7S. The van der Waals surface area contributed by atoms with Crippen molar-refractivity contribution in [3.63, 3.8) is 0 Å². The molecule has 1 atom stereocenters. The summed E-state index contributed by atoms with van der Waals surface area (Å²) in [7, 11) is -3.67. The molecule has 0 saturated carbocycles. The van der Waals surface area contributed by atoms with Gasteiger partial charge in [-0.15, -0.1) is 3.89 Å². The minimum Gasteiger partial charge on any atom is -0.465 e. The number of methoxy groups -OCH3 is 1. The first kappa shape index (κ1) is 17.8. The van der Waals surface area contributed by atoms with Gasteiger partial charge < -0.3 is 9.64 Å². The third-order valence-corrected chi connectivity index (χ3v) is 4.40. The summed E-state index contributed by atoms with van der Waals surface area (Å²) in [6, 6.07) is 3.27. The van der Waals surface area contributed by atoms with Crippen molar-refractivity contribution in [1.29, 1.82) is 0 Å². The largest absolute Gasteiger partial charge is 0.465 e. The molecule has 9 nitrogen and oxygen atoms in total. The number of anilines is 1. The van der Waals surface area contributed by atoms with E-state index in [1.807, 2.05) is 0 Å². The predicted molar refractivity (Wildman–Crippen MR) is 79.8 cm³/mol. The monoisotopic (exact) mass is 360 g/mol. The standard InChI is InChI=1S/C13H13FN2O7S/c1-23-13(18)10-5-9(16(19)20)2-3-11(10)15-6-8(4-12(15)17)7-24(14,21)22/h2-3,5,8H,4,6-7H2,1H3. The number of halogens is 1. The molecule has 0 bridgehead atoms. The molecule has 1 unspecified atom stereocenters. The average Bonchev–Trinajstić information content (AvgIpc) is 2.83. The Morgan fingerprint density at radius 1 is 1.50 bits per heavy atom. The number of nitro groups is 1. The lowest BCUT2D eigenvalue weighted by Crippen LogP contribution is -2.27. The lowest BCUT2D eigenvalue weighted by Gasteiger charge is -2.19. The van der Waals surface area contributed by atoms with Crippen LogP contribution in [0.4, 0.5) is 15.3 Å². The highest BCUT2D eigenvalue weighted by Gasteiger charge is 2.35. The number of benzene rings is 1. The number of hydrogen-bond donors (Lipinski definition) is 0. The summed E-state index contributed by atoms with van der Waals surface area (Å²) in [4.78, 5) is 35.1. The van der Waals surface area contributed by atoms with Crippen LogP contribution in [0.5, 0.6) is 0 Å². The number of amides is 1. The van der Waals surface area contributed by atoms with E-state index in [4.69, 9.17) is 0 Å². The molecule has 1 amide bonds. The molecule has 130 valence electrons. The Labute approximate surface area is 136 Å². The second kappa shape index (κ2) is 6.51. The van der Waals surface area contributed by atoms with Gasteiger partial charge in [-0.2, -0.15) is 8.42 Å². The summed E-state index contributed by atoms with van der Waals surface area (Å²) in [5.41, 5.74) is -0.520. The topological polar surface area (TPSA) is 124 Å². The van der Waals surface area contributed by atoms with Crippen molar-refractivity contribution < 1.29 is 31.6 Å². The highest BCUT2D eigenvalue weighted by molar-refractivity contribution is 7.86. The first-order valence-electron chi connectivity index (χ1n) is 6.72. The molecule has 0 aromatic heterocycles. The zero-order chi connectivity index (χ0) is 18.1. The van der Waals surface area contributed by atoms with Crippen LogP contribution in [-0.4, -0.2) is 44.6 Å². The van der Waals surface area contributed by atoms with Gasteiger partial charge in [0.25, 0.3) is 5.69 Å². The van der Waals surface area contributed by atoms with Gasteiger partial charge in [0.1, 0.15) is 0 Å². The first-order chi connectivity index (χ1) is 11.1. The molecule has 1 heterocycles. The first-order valence-corrected chi connectivity index (χ1v) is 8.27. The lowest BCUT2D eigenvalue weighted by molar-refractivity contribution is -0.384. The van der Waals surface area contributed by atoms with Gasteiger partial charge >= 0.3 is 16.2 Å². The molecule has 2 rings (SSSR count). The Balaban J connectivity index is 2.39. The summed E-state index contributed by atoms with van der Waals surface area (Å²) in [6.45, 7) is -0.121. The van der Waals surface area contributed by atoms with E-state index in [0.717, 1.165) is 24.1 Å². The number of nitro benzene ring substituents is 1. The van der Waals surface area contributed by atoms with Crippen molar-refractivity contribution in [2.45, 2.75) is 6.42 Å². The van der Waals surface area contributed by atoms with Gasteiger partial charge in [0.05, 0.1) is 29.0 Å². The average molecular weight is 360 g/mol. The van der Waals surface area contributed by atoms with Crippen LogP contribution in [0.25, 0.3) is 0 Å². The van der Waals surface area contributed by atoms with Crippen LogP contribution in [0, 0.1) is 16.0 Å². The normalized spacial score (nSPS) is 17.8. The van der Waals surface area contributed by atoms with Crippen molar-refractivity contribution in [2.75, 3.05) is 24.3 Å². The molecule has 1 aromatic rings. The van der Waals surface area contributed by atoms with E-state index in [-0.39, 0.29) is 29.9 Å². The zero-order valence-electron chi connectivity index (χ0n) is 12.5. The van der Waals surface area contributed by atoms with E-state index in [9.17, 15) is 32.0 Å². The van der Waals surface area contributed by atoms with Gasteiger partial charge in [0, 0.05) is 31.0 Å². The summed E-state index contributed by atoms with van der Waals surface area (Å²) >= 11 is 0. The highest BCUT2D eigenvalue weighted by atomic mass is 32.3. The number of non-ortho nitro benzene ring substituents is 1. The van der Waals surface area contributed by atoms with Gasteiger partial charge in [0.2, 0.25) is 5.91 Å². The minimum atomic E-state index is -4.75. The summed E-state index contributed by atoms with van der Waals surface area (Å²) < 4.78 is 38.8. The van der Waals surface area contributed by atoms with Crippen LogP contribution < -0.4 is 4.90 Å². The molecule has 11 heteroatoms. The summed E-state index contributed by atoms with van der Waals surface area (Å²) in [5, 5.41) is 10.8. The molecule has 1 saturated heterocycles. The van der Waals surface area contributed by atoms with Crippen molar-refractivity contribution in [3.8, 4) is 0 Å². The number of rotatable bonds is 5. The summed E-state index contributed by atoms with van der Waals surface area (Å²) in [6.07, 6.45) is -0.208. The Morgan fingerprint density at radius 2 is 2.17 bits per heavy atom. The van der Waals surface area contributed by atoms with Crippen LogP contribution in [0.2, 0.25) is 0 Å². The van der Waals surface area contributed by atoms with E-state index in [2.05, 4.69) is 4.74 Å². The number of esters is 1. The van der Waals surface area contributed by atoms with Gasteiger partial charge in [0.15, 0.2) is 0 Å². The highest BCUT2D eigenvalue weighted by Crippen LogP contribution is 2.31. The lowest BCUT2D eigenvalue weighted by atomic mass is 10.1. The maximum absolute atomic E-state index is 12.8. The number of ether oxygens (including phenoxy) is 1. The smallest absolute Gasteiger partial charge is 0.340 e. The summed E-state index contributed by atoms with van der Waals surface area (Å²) in [5.74, 6) is -2.98. The van der Waals surface area contributed by atoms with Gasteiger partial charge in [-0.3, -0.25) is 14.9 Å². The molecule has 1 aliphatic rings. The fourth-order valence-corrected chi connectivity index (χ4v) is 3.34. The Morgan fingerprint density at radius 3 is 2.71 bits per heavy atom. The number of hydrogen-bond acceptors (Lipinski definition) is 7. The third-order valence-electron chi connectivity index (χ3n) is 3.53. The molecule has 0 radical (unpaired) electrons. The zero-order valence-corrected chi connectivity index (χ0v) is 13.3. The molecule has 0 aliphatic carbocycles. The molecule has 1 aromatic carbocycles. The van der Waals surface area contributed by atoms with Gasteiger partial charge in [-0.25, -0.2) is 4.79 Å². The Kier molecular flexibility index (Phi) is 4.83. The van der Waals surface area contributed by atoms with Gasteiger partial charge in [-0.1, -0.05) is 0 Å². The fraction of sp³-hybridized carbons (Fsp3) is 0.385. The minimum absolute atomic E-state index is 0.0520. The van der Waals surface area contributed by atoms with E-state index >= 15 is 0 Å². The molecular weight excluding hydrogens is 347 g/mol. The predicted octanol–water partition coefficient (Wildman–Crippen LogP) is 1.03. The van der Waals surface area contributed by atoms with Gasteiger partial charge in [-0.05, 0) is 6.07 Å². The molecule has 24 heavy (non-hydrogen) atoms. The van der Waals surface area contributed by atoms with Crippen molar-refractivity contribution in [1.82, 2.24) is 0 Å². The van der Waals surface area contributed by atoms with Crippen LogP contribution in [-0.2, 0) is 19.8 Å². The Bertz CT molecular complexity index is 809. The fourth-order valence-electron chi connectivity index (χ4n) is 2.55. The van der Waals surface area contributed by atoms with Crippen LogP contribution in [0.15, 0.2) is 18.2 Å². The van der Waals surface area contributed by atoms with E-state index in [1.165, 1.54) is 6.07 Å². The molecule has 0 spiro atoms. The number of carbonyl (C=O) groups excluding carboxylic acids is 2. The van der Waals surface area contributed by atoms with E-state index < -0.39 is 38.7 Å². The van der Waals surface area contributed by atoms with Crippen molar-refractivity contribution >= 4 is 33.5 Å². The Hall–Kier alpha value is -2.56. The number of nitrogens with zero attached hydrogens (tertiary/aromatic N) is 2.